The highest BCUT2D eigenvalue weighted by Crippen LogP contribution is 2.37. The number of benzene rings is 2. The van der Waals surface area contributed by atoms with Crippen molar-refractivity contribution in [3.05, 3.63) is 92.8 Å². The standard InChI is InChI=1S/C27H22ClF3IN6O3P/c1-16(28)23(12-33-37(15-39)42-32)35-11-10-22-20(14-35)24(38-25(40)18-7-3-4-8-19(18)26(38)41)34-36(22)13-17-6-2-5-9-21(17)27(29,30)31/h2-9,12,15,42H,10-11,13-14H2,1H3/b23-16-,33-12-. The van der Waals surface area contributed by atoms with Gasteiger partial charge in [-0.3, -0.25) is 19.1 Å². The van der Waals surface area contributed by atoms with Gasteiger partial charge in [0.05, 0.1) is 41.5 Å². The zero-order valence-electron chi connectivity index (χ0n) is 21.9. The Morgan fingerprint density at radius 2 is 1.79 bits per heavy atom. The van der Waals surface area contributed by atoms with Crippen LogP contribution in [-0.2, 0) is 30.5 Å². The molecule has 0 saturated heterocycles. The van der Waals surface area contributed by atoms with Crippen LogP contribution >= 0.6 is 40.0 Å². The molecule has 5 rings (SSSR count). The van der Waals surface area contributed by atoms with Crippen molar-refractivity contribution in [3.8, 4) is 0 Å². The number of nitrogens with zero attached hydrogens (tertiary/aromatic N) is 6. The first-order valence-corrected chi connectivity index (χ1v) is 17.0. The van der Waals surface area contributed by atoms with E-state index in [2.05, 4.69) is 10.2 Å². The minimum Gasteiger partial charge on any atom is -0.364 e. The first-order chi connectivity index (χ1) is 20.0. The topological polar surface area (TPSA) is 91.1 Å². The third-order valence-corrected chi connectivity index (χ3v) is 9.02. The number of allylic oxidation sites excluding steroid dienone is 2. The molecule has 218 valence electrons. The van der Waals surface area contributed by atoms with Crippen molar-refractivity contribution >= 4 is 70.3 Å². The predicted octanol–water partition coefficient (Wildman–Crippen LogP) is 5.97. The number of aromatic nitrogens is 2. The van der Waals surface area contributed by atoms with Gasteiger partial charge in [0.1, 0.15) is 0 Å². The second kappa shape index (κ2) is 12.1. The van der Waals surface area contributed by atoms with E-state index in [-0.39, 0.29) is 42.0 Å². The highest BCUT2D eigenvalue weighted by molar-refractivity contribution is 14.2. The summed E-state index contributed by atoms with van der Waals surface area (Å²) in [7, 11) is 0. The Morgan fingerprint density at radius 1 is 1.14 bits per heavy atom. The van der Waals surface area contributed by atoms with Crippen molar-refractivity contribution in [2.45, 2.75) is 32.6 Å². The van der Waals surface area contributed by atoms with Crippen molar-refractivity contribution in [3.63, 3.8) is 0 Å². The lowest BCUT2D eigenvalue weighted by molar-refractivity contribution is -0.138. The number of amides is 3. The summed E-state index contributed by atoms with van der Waals surface area (Å²) in [5.41, 5.74) is 1.27. The third-order valence-electron chi connectivity index (χ3n) is 6.95. The number of halogens is 5. The summed E-state index contributed by atoms with van der Waals surface area (Å²) < 4.78 is 44.0. The van der Waals surface area contributed by atoms with E-state index < -0.39 is 23.6 Å². The van der Waals surface area contributed by atoms with Crippen molar-refractivity contribution < 1.29 is 27.6 Å². The minimum absolute atomic E-state index is 0.00421. The van der Waals surface area contributed by atoms with Crippen LogP contribution in [0.5, 0.6) is 0 Å². The molecule has 2 aliphatic heterocycles. The molecule has 0 saturated carbocycles. The van der Waals surface area contributed by atoms with Gasteiger partial charge in [0.15, 0.2) is 5.82 Å². The van der Waals surface area contributed by atoms with Crippen LogP contribution in [0.4, 0.5) is 19.0 Å². The molecule has 9 nitrogen and oxygen atoms in total. The lowest BCUT2D eigenvalue weighted by Gasteiger charge is -2.31. The van der Waals surface area contributed by atoms with Crippen LogP contribution in [0.15, 0.2) is 64.4 Å². The number of imide groups is 1. The van der Waals surface area contributed by atoms with Gasteiger partial charge in [0.2, 0.25) is 6.41 Å². The third kappa shape index (κ3) is 5.69. The van der Waals surface area contributed by atoms with Gasteiger partial charge < -0.3 is 4.90 Å². The monoisotopic (exact) mass is 728 g/mol. The molecule has 3 heterocycles. The minimum atomic E-state index is -4.57. The maximum atomic E-state index is 13.8. The molecule has 3 aromatic rings. The molecule has 0 radical (unpaired) electrons. The number of carbonyl (C=O) groups is 3. The molecule has 2 aliphatic rings. The SMILES string of the molecule is C/C(Cl)=C(\C=N/N(C=O)PI)N1CCc2c(c(N3C(=O)c4ccccc4C3=O)nn2Cc2ccccc2C(F)(F)F)C1. The number of fused-ring (bicyclic) bond motifs is 2. The number of rotatable bonds is 8. The predicted molar refractivity (Wildman–Crippen MR) is 162 cm³/mol. The molecule has 3 amide bonds. The number of alkyl halides is 3. The normalized spacial score (nSPS) is 16.0. The summed E-state index contributed by atoms with van der Waals surface area (Å²) in [6, 6.07) is 11.6. The van der Waals surface area contributed by atoms with E-state index in [0.29, 0.717) is 41.4 Å². The van der Waals surface area contributed by atoms with Crippen LogP contribution in [0.2, 0.25) is 0 Å². The Hall–Kier alpha value is -3.29. The fraction of sp³-hybridized carbons (Fsp3) is 0.222. The number of carbonyl (C=O) groups excluding carboxylic acids is 3. The van der Waals surface area contributed by atoms with Crippen LogP contribution in [0.3, 0.4) is 0 Å². The number of hydrogen-bond donors (Lipinski definition) is 0. The summed E-state index contributed by atoms with van der Waals surface area (Å²) in [4.78, 5) is 40.9. The van der Waals surface area contributed by atoms with Crippen molar-refractivity contribution in [2.24, 2.45) is 5.10 Å². The highest BCUT2D eigenvalue weighted by Gasteiger charge is 2.41. The second-order valence-corrected chi connectivity index (χ2v) is 12.1. The van der Waals surface area contributed by atoms with Crippen LogP contribution in [0.1, 0.15) is 50.0 Å². The van der Waals surface area contributed by atoms with E-state index >= 15 is 0 Å². The molecule has 42 heavy (non-hydrogen) atoms. The molecular weight excluding hydrogens is 707 g/mol. The van der Waals surface area contributed by atoms with Gasteiger partial charge in [0, 0.05) is 35.8 Å². The summed E-state index contributed by atoms with van der Waals surface area (Å²) in [6.45, 7) is 1.97. The highest BCUT2D eigenvalue weighted by atomic mass is 127. The number of hydrazone groups is 1. The van der Waals surface area contributed by atoms with Gasteiger partial charge in [0.25, 0.3) is 11.8 Å². The molecule has 0 fully saturated rings. The summed E-state index contributed by atoms with van der Waals surface area (Å²) in [5, 5.41) is 9.15. The maximum absolute atomic E-state index is 13.8. The molecule has 15 heteroatoms. The van der Waals surface area contributed by atoms with Gasteiger partial charge in [-0.25, -0.2) is 9.68 Å². The van der Waals surface area contributed by atoms with Gasteiger partial charge in [-0.2, -0.15) is 23.4 Å². The van der Waals surface area contributed by atoms with Gasteiger partial charge >= 0.3 is 6.18 Å². The van der Waals surface area contributed by atoms with E-state index in [9.17, 15) is 27.6 Å². The molecule has 1 atom stereocenters. The van der Waals surface area contributed by atoms with Gasteiger partial charge in [-0.05, 0) is 52.7 Å². The summed E-state index contributed by atoms with van der Waals surface area (Å²) in [5.74, 6) is -1.07. The first-order valence-electron chi connectivity index (χ1n) is 12.5. The van der Waals surface area contributed by atoms with Crippen LogP contribution < -0.4 is 4.90 Å². The zero-order chi connectivity index (χ0) is 30.2. The van der Waals surface area contributed by atoms with Crippen LogP contribution in [0, 0.1) is 0 Å². The Morgan fingerprint density at radius 3 is 2.38 bits per heavy atom. The Labute approximate surface area is 258 Å². The summed E-state index contributed by atoms with van der Waals surface area (Å²) in [6.07, 6.45) is -2.14. The first kappa shape index (κ1) is 30.2. The fourth-order valence-corrected chi connectivity index (χ4v) is 6.07. The van der Waals surface area contributed by atoms with E-state index in [4.69, 9.17) is 11.6 Å². The Kier molecular flexibility index (Phi) is 8.72. The number of anilines is 1. The molecule has 0 aliphatic carbocycles. The molecule has 1 unspecified atom stereocenters. The second-order valence-electron chi connectivity index (χ2n) is 9.42. The van der Waals surface area contributed by atoms with Crippen molar-refractivity contribution in [1.29, 1.82) is 0 Å². The van der Waals surface area contributed by atoms with E-state index in [1.165, 1.54) is 33.9 Å². The quantitative estimate of drug-likeness (QED) is 0.0713. The average Bonchev–Trinajstić information content (AvgIpc) is 3.43. The fourth-order valence-electron chi connectivity index (χ4n) is 5.04. The van der Waals surface area contributed by atoms with Crippen molar-refractivity contribution in [2.75, 3.05) is 11.4 Å². The lowest BCUT2D eigenvalue weighted by Crippen LogP contribution is -2.34. The Balaban J connectivity index is 1.60. The van der Waals surface area contributed by atoms with Crippen LogP contribution in [-0.4, -0.2) is 50.4 Å². The van der Waals surface area contributed by atoms with Gasteiger partial charge in [-0.15, -0.1) is 0 Å². The maximum Gasteiger partial charge on any atom is 0.416 e. The van der Waals surface area contributed by atoms with Crippen molar-refractivity contribution in [1.82, 2.24) is 19.5 Å². The number of hydrogen-bond acceptors (Lipinski definition) is 6. The molecule has 2 aromatic carbocycles. The average molecular weight is 729 g/mol. The molecule has 0 bridgehead atoms. The van der Waals surface area contributed by atoms with E-state index in [0.717, 1.165) is 11.0 Å². The summed E-state index contributed by atoms with van der Waals surface area (Å²) >= 11 is 8.43. The van der Waals surface area contributed by atoms with Crippen LogP contribution in [0.25, 0.3) is 0 Å². The Bertz CT molecular complexity index is 1600. The lowest BCUT2D eigenvalue weighted by atomic mass is 10.0. The molecule has 0 N–H and O–H groups in total. The van der Waals surface area contributed by atoms with E-state index in [1.807, 2.05) is 26.9 Å². The smallest absolute Gasteiger partial charge is 0.364 e. The molecule has 0 spiro atoms. The zero-order valence-corrected chi connectivity index (χ0v) is 25.8. The van der Waals surface area contributed by atoms with Gasteiger partial charge in [-0.1, -0.05) is 41.9 Å². The largest absolute Gasteiger partial charge is 0.416 e. The molecular formula is C27H22ClF3IN6O3P. The van der Waals surface area contributed by atoms with E-state index in [1.54, 1.807) is 31.2 Å². The molecule has 1 aromatic heterocycles.